The summed E-state index contributed by atoms with van der Waals surface area (Å²) < 4.78 is 0. The van der Waals surface area contributed by atoms with Crippen molar-refractivity contribution in [3.63, 3.8) is 0 Å². The summed E-state index contributed by atoms with van der Waals surface area (Å²) in [5, 5.41) is 23.5. The molecule has 0 aromatic carbocycles. The largest absolute Gasteiger partial charge is 0.304 e. The van der Waals surface area contributed by atoms with E-state index in [9.17, 15) is 4.79 Å². The number of hydrogen-bond donors (Lipinski definition) is 2. The molecule has 16 heavy (non-hydrogen) atoms. The summed E-state index contributed by atoms with van der Waals surface area (Å²) in [6.45, 7) is 5.53. The van der Waals surface area contributed by atoms with Crippen LogP contribution in [0.15, 0.2) is 16.5 Å². The van der Waals surface area contributed by atoms with Gasteiger partial charge >= 0.3 is 0 Å². The number of nitrogens with zero attached hydrogens (tertiary/aromatic N) is 3. The predicted octanol–water partition coefficient (Wildman–Crippen LogP) is 0.367. The van der Waals surface area contributed by atoms with Crippen LogP contribution in [0.4, 0.5) is 0 Å². The highest BCUT2D eigenvalue weighted by molar-refractivity contribution is 6.41. The van der Waals surface area contributed by atoms with Gasteiger partial charge in [-0.05, 0) is 0 Å². The maximum absolute atomic E-state index is 11.7. The number of hydrogen-bond acceptors (Lipinski definition) is 5. The maximum atomic E-state index is 11.7. The SMILES string of the molecule is CC(C)(C)C1=NNC(=C(C#N)C#N)NC1=O. The molecule has 1 rings (SSSR count). The number of rotatable bonds is 0. The van der Waals surface area contributed by atoms with Gasteiger partial charge in [-0.1, -0.05) is 20.8 Å². The van der Waals surface area contributed by atoms with Gasteiger partial charge < -0.3 is 5.32 Å². The number of amides is 1. The van der Waals surface area contributed by atoms with Crippen molar-refractivity contribution in [2.45, 2.75) is 20.8 Å². The molecule has 0 atom stereocenters. The van der Waals surface area contributed by atoms with E-state index in [0.717, 1.165) is 0 Å². The molecule has 0 fully saturated rings. The molecule has 0 radical (unpaired) electrons. The van der Waals surface area contributed by atoms with Crippen LogP contribution in [0.2, 0.25) is 0 Å². The minimum absolute atomic E-state index is 0.0306. The Morgan fingerprint density at radius 3 is 2.25 bits per heavy atom. The van der Waals surface area contributed by atoms with Crippen LogP contribution >= 0.6 is 0 Å². The molecule has 0 saturated carbocycles. The Hall–Kier alpha value is -2.34. The minimum Gasteiger partial charge on any atom is -0.304 e. The van der Waals surface area contributed by atoms with Gasteiger partial charge in [0.15, 0.2) is 11.4 Å². The van der Waals surface area contributed by atoms with Crippen LogP contribution in [0.3, 0.4) is 0 Å². The molecule has 1 aliphatic rings. The molecule has 0 aromatic heterocycles. The molecular weight excluding hydrogens is 206 g/mol. The lowest BCUT2D eigenvalue weighted by molar-refractivity contribution is -0.115. The smallest absolute Gasteiger partial charge is 0.273 e. The van der Waals surface area contributed by atoms with Crippen LogP contribution in [0.25, 0.3) is 0 Å². The fraction of sp³-hybridized carbons (Fsp3) is 0.400. The summed E-state index contributed by atoms with van der Waals surface area (Å²) in [5.41, 5.74) is 2.22. The average Bonchev–Trinajstić information content (AvgIpc) is 2.17. The first kappa shape index (κ1) is 11.7. The lowest BCUT2D eigenvalue weighted by Crippen LogP contribution is -2.46. The molecule has 2 N–H and O–H groups in total. The highest BCUT2D eigenvalue weighted by Gasteiger charge is 2.30. The molecule has 6 nitrogen and oxygen atoms in total. The molecule has 0 aliphatic carbocycles. The van der Waals surface area contributed by atoms with Gasteiger partial charge in [-0.2, -0.15) is 15.6 Å². The predicted molar refractivity (Wildman–Crippen MR) is 56.4 cm³/mol. The van der Waals surface area contributed by atoms with Crippen LogP contribution in [0, 0.1) is 28.1 Å². The topological polar surface area (TPSA) is 101 Å². The molecule has 0 spiro atoms. The average molecular weight is 217 g/mol. The third-order valence-electron chi connectivity index (χ3n) is 1.92. The number of nitriles is 2. The summed E-state index contributed by atoms with van der Waals surface area (Å²) in [7, 11) is 0. The lowest BCUT2D eigenvalue weighted by atomic mass is 9.89. The number of allylic oxidation sites excluding steroid dienone is 1. The van der Waals surface area contributed by atoms with E-state index < -0.39 is 11.3 Å². The second kappa shape index (κ2) is 4.03. The van der Waals surface area contributed by atoms with Gasteiger partial charge in [-0.15, -0.1) is 0 Å². The van der Waals surface area contributed by atoms with E-state index >= 15 is 0 Å². The van der Waals surface area contributed by atoms with E-state index in [1.54, 1.807) is 12.1 Å². The van der Waals surface area contributed by atoms with Crippen LogP contribution < -0.4 is 10.7 Å². The molecule has 1 aliphatic heterocycles. The standard InChI is InChI=1S/C10H11N5O/c1-10(2,3)7-9(16)13-8(15-14-7)6(4-11)5-12/h15H,1-3H3,(H,13,16). The third kappa shape index (κ3) is 2.18. The third-order valence-corrected chi connectivity index (χ3v) is 1.92. The van der Waals surface area contributed by atoms with Gasteiger partial charge in [0.1, 0.15) is 17.9 Å². The maximum Gasteiger partial charge on any atom is 0.273 e. The minimum atomic E-state index is -0.401. The Bertz CT molecular complexity index is 451. The fourth-order valence-corrected chi connectivity index (χ4v) is 1.13. The van der Waals surface area contributed by atoms with Crippen molar-refractivity contribution in [1.82, 2.24) is 10.7 Å². The lowest BCUT2D eigenvalue weighted by Gasteiger charge is -2.25. The zero-order valence-electron chi connectivity index (χ0n) is 9.25. The van der Waals surface area contributed by atoms with Crippen LogP contribution in [0.5, 0.6) is 0 Å². The van der Waals surface area contributed by atoms with E-state index in [1.165, 1.54) is 0 Å². The van der Waals surface area contributed by atoms with Crippen molar-refractivity contribution in [2.24, 2.45) is 10.5 Å². The molecule has 82 valence electrons. The summed E-state index contributed by atoms with van der Waals surface area (Å²) in [4.78, 5) is 11.7. The monoisotopic (exact) mass is 217 g/mol. The molecule has 1 amide bonds. The molecule has 1 heterocycles. The van der Waals surface area contributed by atoms with Crippen molar-refractivity contribution in [2.75, 3.05) is 0 Å². The Balaban J connectivity index is 3.10. The molecule has 0 bridgehead atoms. The second-order valence-electron chi connectivity index (χ2n) is 4.25. The first-order valence-corrected chi connectivity index (χ1v) is 4.60. The van der Waals surface area contributed by atoms with Crippen LogP contribution in [0.1, 0.15) is 20.8 Å². The van der Waals surface area contributed by atoms with Crippen molar-refractivity contribution < 1.29 is 4.79 Å². The first-order chi connectivity index (χ1) is 7.40. The van der Waals surface area contributed by atoms with Crippen molar-refractivity contribution in [1.29, 1.82) is 10.5 Å². The molecule has 0 aromatic rings. The van der Waals surface area contributed by atoms with Gasteiger partial charge in [0, 0.05) is 5.41 Å². The van der Waals surface area contributed by atoms with Gasteiger partial charge in [0.2, 0.25) is 0 Å². The van der Waals surface area contributed by atoms with E-state index in [4.69, 9.17) is 10.5 Å². The molecular formula is C10H11N5O. The van der Waals surface area contributed by atoms with E-state index in [1.807, 2.05) is 20.8 Å². The first-order valence-electron chi connectivity index (χ1n) is 4.60. The Labute approximate surface area is 93.2 Å². The van der Waals surface area contributed by atoms with E-state index in [-0.39, 0.29) is 11.4 Å². The summed E-state index contributed by atoms with van der Waals surface area (Å²) in [6.07, 6.45) is 0. The van der Waals surface area contributed by atoms with Crippen molar-refractivity contribution in [3.8, 4) is 12.1 Å². The number of carbonyl (C=O) groups is 1. The van der Waals surface area contributed by atoms with Crippen molar-refractivity contribution in [3.05, 3.63) is 11.4 Å². The summed E-state index contributed by atoms with van der Waals surface area (Å²) in [6, 6.07) is 3.34. The number of carbonyl (C=O) groups excluding carboxylic acids is 1. The quantitative estimate of drug-likeness (QED) is 0.572. The second-order valence-corrected chi connectivity index (χ2v) is 4.25. The summed E-state index contributed by atoms with van der Waals surface area (Å²) >= 11 is 0. The van der Waals surface area contributed by atoms with Crippen LogP contribution in [-0.4, -0.2) is 11.6 Å². The highest BCUT2D eigenvalue weighted by atomic mass is 16.2. The van der Waals surface area contributed by atoms with Crippen LogP contribution in [-0.2, 0) is 4.79 Å². The normalized spacial score (nSPS) is 15.2. The van der Waals surface area contributed by atoms with Crippen molar-refractivity contribution >= 4 is 11.6 Å². The molecule has 6 heteroatoms. The van der Waals surface area contributed by atoms with Gasteiger partial charge in [-0.3, -0.25) is 10.2 Å². The highest BCUT2D eigenvalue weighted by Crippen LogP contribution is 2.18. The fourth-order valence-electron chi connectivity index (χ4n) is 1.13. The zero-order chi connectivity index (χ0) is 12.3. The Kier molecular flexibility index (Phi) is 2.96. The summed E-state index contributed by atoms with van der Waals surface area (Å²) in [5.74, 6) is -0.368. The Morgan fingerprint density at radius 2 is 1.88 bits per heavy atom. The van der Waals surface area contributed by atoms with E-state index in [0.29, 0.717) is 5.71 Å². The van der Waals surface area contributed by atoms with Gasteiger partial charge in [0.05, 0.1) is 0 Å². The molecule has 0 unspecified atom stereocenters. The Morgan fingerprint density at radius 1 is 1.31 bits per heavy atom. The number of hydrazone groups is 1. The zero-order valence-corrected chi connectivity index (χ0v) is 9.25. The number of nitrogens with one attached hydrogen (secondary N) is 2. The van der Waals surface area contributed by atoms with Gasteiger partial charge in [0.25, 0.3) is 5.91 Å². The van der Waals surface area contributed by atoms with E-state index in [2.05, 4.69) is 15.8 Å². The van der Waals surface area contributed by atoms with Gasteiger partial charge in [-0.25, -0.2) is 0 Å². The molecule has 0 saturated heterocycles.